The van der Waals surface area contributed by atoms with Crippen molar-refractivity contribution in [3.8, 4) is 17.1 Å². The van der Waals surface area contributed by atoms with Gasteiger partial charge in [0, 0.05) is 10.9 Å². The third-order valence-electron chi connectivity index (χ3n) is 4.20. The van der Waals surface area contributed by atoms with E-state index in [4.69, 9.17) is 4.74 Å². The first-order valence-corrected chi connectivity index (χ1v) is 8.28. The first kappa shape index (κ1) is 16.0. The minimum Gasteiger partial charge on any atom is -0.496 e. The van der Waals surface area contributed by atoms with Crippen LogP contribution in [0.2, 0.25) is 0 Å². The summed E-state index contributed by atoms with van der Waals surface area (Å²) < 4.78 is 5.35. The van der Waals surface area contributed by atoms with Crippen LogP contribution < -0.4 is 4.74 Å². The Morgan fingerprint density at radius 1 is 0.808 bits per heavy atom. The van der Waals surface area contributed by atoms with Crippen LogP contribution in [0.3, 0.4) is 0 Å². The molecule has 0 aliphatic rings. The van der Waals surface area contributed by atoms with Gasteiger partial charge in [-0.25, -0.2) is 9.97 Å². The molecule has 4 heteroatoms. The minimum atomic E-state index is -0.182. The number of rotatable bonds is 4. The molecular formula is C22H16N2O2. The highest BCUT2D eigenvalue weighted by molar-refractivity contribution is 6.16. The fourth-order valence-corrected chi connectivity index (χ4v) is 2.93. The molecule has 4 rings (SSSR count). The van der Waals surface area contributed by atoms with Gasteiger partial charge in [-0.05, 0) is 18.2 Å². The van der Waals surface area contributed by atoms with Crippen LogP contribution >= 0.6 is 0 Å². The first-order valence-electron chi connectivity index (χ1n) is 8.28. The zero-order valence-corrected chi connectivity index (χ0v) is 14.2. The molecule has 1 aromatic heterocycles. The van der Waals surface area contributed by atoms with Gasteiger partial charge in [0.25, 0.3) is 0 Å². The Hall–Kier alpha value is -3.53. The van der Waals surface area contributed by atoms with Gasteiger partial charge in [-0.15, -0.1) is 0 Å². The van der Waals surface area contributed by atoms with Gasteiger partial charge in [0.05, 0.1) is 18.2 Å². The summed E-state index contributed by atoms with van der Waals surface area (Å²) in [6.07, 6.45) is 0. The third kappa shape index (κ3) is 2.82. The Balaban J connectivity index is 1.95. The molecule has 0 fully saturated rings. The van der Waals surface area contributed by atoms with Crippen LogP contribution in [0.4, 0.5) is 0 Å². The number of para-hydroxylation sites is 2. The Kier molecular flexibility index (Phi) is 4.15. The number of aromatic nitrogens is 2. The highest BCUT2D eigenvalue weighted by Crippen LogP contribution is 2.26. The molecule has 0 spiro atoms. The van der Waals surface area contributed by atoms with E-state index in [9.17, 15) is 4.79 Å². The Bertz CT molecular complexity index is 1090. The number of carbonyl (C=O) groups is 1. The van der Waals surface area contributed by atoms with Gasteiger partial charge in [-0.3, -0.25) is 4.79 Å². The van der Waals surface area contributed by atoms with Gasteiger partial charge < -0.3 is 4.74 Å². The molecule has 0 bridgehead atoms. The quantitative estimate of drug-likeness (QED) is 0.512. The molecule has 0 saturated carbocycles. The summed E-state index contributed by atoms with van der Waals surface area (Å²) >= 11 is 0. The molecule has 0 radical (unpaired) electrons. The number of ether oxygens (including phenoxy) is 1. The van der Waals surface area contributed by atoms with Crippen molar-refractivity contribution >= 4 is 16.7 Å². The molecule has 3 aromatic carbocycles. The molecule has 26 heavy (non-hydrogen) atoms. The van der Waals surface area contributed by atoms with Crippen LogP contribution in [0.5, 0.6) is 5.75 Å². The maximum absolute atomic E-state index is 13.3. The van der Waals surface area contributed by atoms with E-state index >= 15 is 0 Å². The van der Waals surface area contributed by atoms with E-state index in [-0.39, 0.29) is 5.78 Å². The van der Waals surface area contributed by atoms with Crippen LogP contribution in [-0.4, -0.2) is 22.9 Å². The monoisotopic (exact) mass is 340 g/mol. The number of methoxy groups -OCH3 is 1. The normalized spacial score (nSPS) is 10.7. The lowest BCUT2D eigenvalue weighted by molar-refractivity contribution is 0.103. The van der Waals surface area contributed by atoms with Crippen molar-refractivity contribution in [2.24, 2.45) is 0 Å². The van der Waals surface area contributed by atoms with Gasteiger partial charge in [-0.1, -0.05) is 60.7 Å². The van der Waals surface area contributed by atoms with Crippen molar-refractivity contribution in [3.05, 3.63) is 90.1 Å². The van der Waals surface area contributed by atoms with E-state index in [0.29, 0.717) is 22.8 Å². The topological polar surface area (TPSA) is 52.1 Å². The predicted molar refractivity (Wildman–Crippen MR) is 101 cm³/mol. The minimum absolute atomic E-state index is 0.182. The van der Waals surface area contributed by atoms with Crippen molar-refractivity contribution in [2.75, 3.05) is 7.11 Å². The summed E-state index contributed by atoms with van der Waals surface area (Å²) in [5, 5.41) is 0.725. The SMILES string of the molecule is COc1ccccc1C(=O)c1nc(-c2ccccc2)nc2ccccc12. The molecular weight excluding hydrogens is 324 g/mol. The molecule has 0 atom stereocenters. The van der Waals surface area contributed by atoms with Gasteiger partial charge in [-0.2, -0.15) is 0 Å². The van der Waals surface area contributed by atoms with E-state index < -0.39 is 0 Å². The molecule has 0 aliphatic carbocycles. The van der Waals surface area contributed by atoms with Crippen molar-refractivity contribution in [3.63, 3.8) is 0 Å². The largest absolute Gasteiger partial charge is 0.496 e. The van der Waals surface area contributed by atoms with E-state index in [1.807, 2.05) is 66.7 Å². The summed E-state index contributed by atoms with van der Waals surface area (Å²) in [6.45, 7) is 0. The summed E-state index contributed by atoms with van der Waals surface area (Å²) in [7, 11) is 1.56. The molecule has 1 heterocycles. The maximum Gasteiger partial charge on any atom is 0.215 e. The molecule has 0 unspecified atom stereocenters. The summed E-state index contributed by atoms with van der Waals surface area (Å²) in [5.74, 6) is 0.877. The highest BCUT2D eigenvalue weighted by Gasteiger charge is 2.20. The lowest BCUT2D eigenvalue weighted by Gasteiger charge is -2.10. The summed E-state index contributed by atoms with van der Waals surface area (Å²) in [4.78, 5) is 22.5. The number of ketones is 1. The van der Waals surface area contributed by atoms with Crippen molar-refractivity contribution in [1.29, 1.82) is 0 Å². The summed E-state index contributed by atoms with van der Waals surface area (Å²) in [5.41, 5.74) is 2.46. The average Bonchev–Trinajstić information content (AvgIpc) is 2.73. The number of hydrogen-bond acceptors (Lipinski definition) is 4. The maximum atomic E-state index is 13.3. The van der Waals surface area contributed by atoms with Crippen molar-refractivity contribution in [2.45, 2.75) is 0 Å². The molecule has 0 N–H and O–H groups in total. The molecule has 0 amide bonds. The number of carbonyl (C=O) groups excluding carboxylic acids is 1. The van der Waals surface area contributed by atoms with E-state index in [1.54, 1.807) is 19.2 Å². The summed E-state index contributed by atoms with van der Waals surface area (Å²) in [6, 6.07) is 24.4. The lowest BCUT2D eigenvalue weighted by Crippen LogP contribution is -2.09. The molecule has 0 saturated heterocycles. The number of nitrogens with zero attached hydrogens (tertiary/aromatic N) is 2. The zero-order valence-electron chi connectivity index (χ0n) is 14.2. The van der Waals surface area contributed by atoms with Gasteiger partial charge in [0.1, 0.15) is 11.4 Å². The van der Waals surface area contributed by atoms with Crippen LogP contribution in [0, 0.1) is 0 Å². The Labute approximate surface area is 151 Å². The molecule has 4 nitrogen and oxygen atoms in total. The second kappa shape index (κ2) is 6.76. The van der Waals surface area contributed by atoms with Gasteiger partial charge in [0.2, 0.25) is 5.78 Å². The first-order chi connectivity index (χ1) is 12.8. The number of hydrogen-bond donors (Lipinski definition) is 0. The van der Waals surface area contributed by atoms with Gasteiger partial charge in [0.15, 0.2) is 5.82 Å². The van der Waals surface area contributed by atoms with Crippen molar-refractivity contribution < 1.29 is 9.53 Å². The van der Waals surface area contributed by atoms with Crippen LogP contribution in [0.25, 0.3) is 22.3 Å². The van der Waals surface area contributed by atoms with E-state index in [0.717, 1.165) is 16.5 Å². The highest BCUT2D eigenvalue weighted by atomic mass is 16.5. The number of fused-ring (bicyclic) bond motifs is 1. The standard InChI is InChI=1S/C22H16N2O2/c1-26-19-14-8-6-12-17(19)21(25)20-16-11-5-7-13-18(16)23-22(24-20)15-9-3-2-4-10-15/h2-14H,1H3. The average molecular weight is 340 g/mol. The molecule has 126 valence electrons. The third-order valence-corrected chi connectivity index (χ3v) is 4.20. The lowest BCUT2D eigenvalue weighted by atomic mass is 10.0. The predicted octanol–water partition coefficient (Wildman–Crippen LogP) is 4.54. The zero-order chi connectivity index (χ0) is 17.9. The smallest absolute Gasteiger partial charge is 0.215 e. The van der Waals surface area contributed by atoms with E-state index in [1.165, 1.54) is 0 Å². The second-order valence-corrected chi connectivity index (χ2v) is 5.81. The van der Waals surface area contributed by atoms with Crippen molar-refractivity contribution in [1.82, 2.24) is 9.97 Å². The van der Waals surface area contributed by atoms with Crippen LogP contribution in [0.15, 0.2) is 78.9 Å². The Morgan fingerprint density at radius 2 is 1.50 bits per heavy atom. The van der Waals surface area contributed by atoms with E-state index in [2.05, 4.69) is 9.97 Å². The molecule has 4 aromatic rings. The Morgan fingerprint density at radius 3 is 2.31 bits per heavy atom. The molecule has 0 aliphatic heterocycles. The van der Waals surface area contributed by atoms with Crippen LogP contribution in [0.1, 0.15) is 16.1 Å². The second-order valence-electron chi connectivity index (χ2n) is 5.81. The fraction of sp³-hybridized carbons (Fsp3) is 0.0455. The number of benzene rings is 3. The fourth-order valence-electron chi connectivity index (χ4n) is 2.93. The van der Waals surface area contributed by atoms with Crippen LogP contribution in [-0.2, 0) is 0 Å². The van der Waals surface area contributed by atoms with Gasteiger partial charge >= 0.3 is 0 Å².